The maximum atomic E-state index is 14.1. The molecule has 1 heterocycles. The van der Waals surface area contributed by atoms with Crippen LogP contribution < -0.4 is 10.2 Å². The second kappa shape index (κ2) is 11.5. The van der Waals surface area contributed by atoms with Gasteiger partial charge in [-0.25, -0.2) is 0 Å². The maximum Gasteiger partial charge on any atom is 0.259 e. The Morgan fingerprint density at radius 2 is 1.69 bits per heavy atom. The lowest BCUT2D eigenvalue weighted by molar-refractivity contribution is -0.140. The number of carbonyl (C=O) groups excluding carboxylic acids is 3. The minimum absolute atomic E-state index is 0.0721. The van der Waals surface area contributed by atoms with E-state index in [1.54, 1.807) is 24.3 Å². The molecule has 0 aromatic heterocycles. The van der Waals surface area contributed by atoms with Gasteiger partial charge in [-0.1, -0.05) is 83.9 Å². The Hall–Kier alpha value is -3.87. The smallest absolute Gasteiger partial charge is 0.259 e. The molecule has 5 rings (SSSR count). The third kappa shape index (κ3) is 5.49. The van der Waals surface area contributed by atoms with Gasteiger partial charge in [-0.2, -0.15) is 0 Å². The van der Waals surface area contributed by atoms with E-state index in [1.165, 1.54) is 9.80 Å². The van der Waals surface area contributed by atoms with Gasteiger partial charge in [-0.3, -0.25) is 19.3 Å². The van der Waals surface area contributed by atoms with Crippen LogP contribution in [-0.4, -0.2) is 41.8 Å². The molecular weight excluding hydrogens is 533 g/mol. The molecule has 6 nitrogen and oxygen atoms in total. The van der Waals surface area contributed by atoms with Crippen LogP contribution in [0.15, 0.2) is 84.9 Å². The lowest BCUT2D eigenvalue weighted by atomic mass is 10.0. The minimum Gasteiger partial charge on any atom is -0.355 e. The molecule has 4 aromatic carbocycles. The Morgan fingerprint density at radius 1 is 0.949 bits per heavy atom. The Bertz CT molecular complexity index is 1550. The van der Waals surface area contributed by atoms with Crippen molar-refractivity contribution in [2.75, 3.05) is 18.0 Å². The zero-order valence-corrected chi connectivity index (χ0v) is 22.9. The zero-order valence-electron chi connectivity index (χ0n) is 21.4. The van der Waals surface area contributed by atoms with Crippen LogP contribution >= 0.6 is 23.2 Å². The molecule has 1 N–H and O–H groups in total. The van der Waals surface area contributed by atoms with E-state index in [1.807, 2.05) is 67.6 Å². The molecule has 1 aliphatic heterocycles. The molecule has 1 unspecified atom stereocenters. The van der Waals surface area contributed by atoms with Gasteiger partial charge >= 0.3 is 0 Å². The highest BCUT2D eigenvalue weighted by atomic mass is 35.5. The SMILES string of the molecule is CCNC(=O)C(Cc1ccccc1)N(Cc1ccc(Cl)cc1Cl)C(=O)CN1C(=O)c2cccc3cccc1c23. The standard InChI is InChI=1S/C31H27Cl2N3O3/c1-2-34-30(38)27(16-20-8-4-3-5-9-20)35(18-22-14-15-23(32)17-25(22)33)28(37)19-36-26-13-7-11-21-10-6-12-24(29(21)26)31(36)39/h3-15,17,27H,2,16,18-19H2,1H3,(H,34,38). The Kier molecular flexibility index (Phi) is 7.87. The normalized spacial score (nSPS) is 13.0. The van der Waals surface area contributed by atoms with Gasteiger partial charge in [0.25, 0.3) is 5.91 Å². The lowest BCUT2D eigenvalue weighted by Crippen LogP contribution is -2.53. The second-order valence-corrected chi connectivity index (χ2v) is 10.3. The second-order valence-electron chi connectivity index (χ2n) is 9.43. The van der Waals surface area contributed by atoms with Crippen LogP contribution in [0.5, 0.6) is 0 Å². The third-order valence-electron chi connectivity index (χ3n) is 6.92. The number of nitrogens with zero attached hydrogens (tertiary/aromatic N) is 2. The van der Waals surface area contributed by atoms with Gasteiger partial charge in [0.2, 0.25) is 11.8 Å². The van der Waals surface area contributed by atoms with Crippen LogP contribution in [0.1, 0.15) is 28.4 Å². The summed E-state index contributed by atoms with van der Waals surface area (Å²) in [6.07, 6.45) is 0.299. The minimum atomic E-state index is -0.831. The quantitative estimate of drug-likeness (QED) is 0.278. The number of hydrogen-bond acceptors (Lipinski definition) is 3. The molecule has 0 saturated heterocycles. The van der Waals surface area contributed by atoms with Crippen LogP contribution in [0, 0.1) is 0 Å². The fraction of sp³-hybridized carbons (Fsp3) is 0.194. The van der Waals surface area contributed by atoms with E-state index < -0.39 is 6.04 Å². The number of benzene rings is 4. The highest BCUT2D eigenvalue weighted by Crippen LogP contribution is 2.37. The van der Waals surface area contributed by atoms with Crippen molar-refractivity contribution in [2.24, 2.45) is 0 Å². The number of carbonyl (C=O) groups is 3. The average Bonchev–Trinajstić information content (AvgIpc) is 3.20. The van der Waals surface area contributed by atoms with E-state index in [-0.39, 0.29) is 30.8 Å². The zero-order chi connectivity index (χ0) is 27.5. The average molecular weight is 560 g/mol. The van der Waals surface area contributed by atoms with Gasteiger partial charge in [0, 0.05) is 40.5 Å². The molecule has 0 aliphatic carbocycles. The van der Waals surface area contributed by atoms with Crippen LogP contribution in [0.3, 0.4) is 0 Å². The third-order valence-corrected chi connectivity index (χ3v) is 7.51. The first-order valence-electron chi connectivity index (χ1n) is 12.8. The summed E-state index contributed by atoms with van der Waals surface area (Å²) in [5.41, 5.74) is 2.80. The van der Waals surface area contributed by atoms with Crippen molar-refractivity contribution >= 4 is 57.4 Å². The predicted molar refractivity (Wildman–Crippen MR) is 155 cm³/mol. The van der Waals surface area contributed by atoms with Gasteiger partial charge in [-0.15, -0.1) is 0 Å². The van der Waals surface area contributed by atoms with Crippen molar-refractivity contribution in [3.05, 3.63) is 112 Å². The summed E-state index contributed by atoms with van der Waals surface area (Å²) < 4.78 is 0. The number of rotatable bonds is 9. The van der Waals surface area contributed by atoms with Gasteiger partial charge in [-0.05, 0) is 47.7 Å². The highest BCUT2D eigenvalue weighted by molar-refractivity contribution is 6.35. The van der Waals surface area contributed by atoms with Crippen molar-refractivity contribution in [1.82, 2.24) is 10.2 Å². The molecule has 0 spiro atoms. The van der Waals surface area contributed by atoms with E-state index in [9.17, 15) is 14.4 Å². The predicted octanol–water partition coefficient (Wildman–Crippen LogP) is 5.88. The van der Waals surface area contributed by atoms with E-state index >= 15 is 0 Å². The van der Waals surface area contributed by atoms with E-state index in [0.717, 1.165) is 16.3 Å². The number of nitrogens with one attached hydrogen (secondary N) is 1. The molecule has 0 bridgehead atoms. The van der Waals surface area contributed by atoms with Crippen molar-refractivity contribution in [2.45, 2.75) is 25.9 Å². The van der Waals surface area contributed by atoms with Crippen LogP contribution in [0.25, 0.3) is 10.8 Å². The van der Waals surface area contributed by atoms with Gasteiger partial charge in [0.15, 0.2) is 0 Å². The van der Waals surface area contributed by atoms with Gasteiger partial charge in [0.1, 0.15) is 12.6 Å². The Balaban J connectivity index is 1.52. The largest absolute Gasteiger partial charge is 0.355 e. The lowest BCUT2D eigenvalue weighted by Gasteiger charge is -2.33. The summed E-state index contributed by atoms with van der Waals surface area (Å²) in [5, 5.41) is 5.50. The first-order chi connectivity index (χ1) is 18.9. The first-order valence-corrected chi connectivity index (χ1v) is 13.5. The van der Waals surface area contributed by atoms with E-state index in [0.29, 0.717) is 39.8 Å². The molecule has 8 heteroatoms. The highest BCUT2D eigenvalue weighted by Gasteiger charge is 2.36. The van der Waals surface area contributed by atoms with Crippen LogP contribution in [-0.2, 0) is 22.6 Å². The fourth-order valence-electron chi connectivity index (χ4n) is 5.04. The van der Waals surface area contributed by atoms with E-state index in [4.69, 9.17) is 23.2 Å². The monoisotopic (exact) mass is 559 g/mol. The van der Waals surface area contributed by atoms with Crippen molar-refractivity contribution in [3.63, 3.8) is 0 Å². The number of halogens is 2. The topological polar surface area (TPSA) is 69.7 Å². The molecule has 198 valence electrons. The summed E-state index contributed by atoms with van der Waals surface area (Å²) in [5.74, 6) is -0.887. The van der Waals surface area contributed by atoms with Gasteiger partial charge < -0.3 is 10.2 Å². The molecule has 0 saturated carbocycles. The molecule has 4 aromatic rings. The summed E-state index contributed by atoms with van der Waals surface area (Å²) in [7, 11) is 0. The Labute approximate surface area is 237 Å². The number of anilines is 1. The number of amides is 3. The molecule has 0 fully saturated rings. The summed E-state index contributed by atoms with van der Waals surface area (Å²) in [6, 6.07) is 25.0. The van der Waals surface area contributed by atoms with Crippen molar-refractivity contribution in [3.8, 4) is 0 Å². The Morgan fingerprint density at radius 3 is 2.41 bits per heavy atom. The maximum absolute atomic E-state index is 14.1. The molecule has 0 radical (unpaired) electrons. The molecule has 39 heavy (non-hydrogen) atoms. The number of hydrogen-bond donors (Lipinski definition) is 1. The molecule has 1 atom stereocenters. The van der Waals surface area contributed by atoms with Crippen LogP contribution in [0.2, 0.25) is 10.0 Å². The number of likely N-dealkylation sites (N-methyl/N-ethyl adjacent to an activating group) is 1. The van der Waals surface area contributed by atoms with Crippen LogP contribution in [0.4, 0.5) is 5.69 Å². The van der Waals surface area contributed by atoms with Gasteiger partial charge in [0.05, 0.1) is 5.69 Å². The summed E-state index contributed by atoms with van der Waals surface area (Å²) in [4.78, 5) is 44.0. The summed E-state index contributed by atoms with van der Waals surface area (Å²) >= 11 is 12.6. The molecular formula is C31H27Cl2N3O3. The van der Waals surface area contributed by atoms with Crippen molar-refractivity contribution in [1.29, 1.82) is 0 Å². The summed E-state index contributed by atoms with van der Waals surface area (Å²) in [6.45, 7) is 2.10. The van der Waals surface area contributed by atoms with Crippen molar-refractivity contribution < 1.29 is 14.4 Å². The van der Waals surface area contributed by atoms with E-state index in [2.05, 4.69) is 5.32 Å². The first kappa shape index (κ1) is 26.7. The molecule has 1 aliphatic rings. The molecule has 3 amide bonds. The fourth-order valence-corrected chi connectivity index (χ4v) is 5.51.